The van der Waals surface area contributed by atoms with Gasteiger partial charge in [-0.05, 0) is 33.6 Å². The number of carbonyl (C=O) groups is 1. The molecule has 5 rings (SSSR count). The van der Waals surface area contributed by atoms with E-state index in [1.54, 1.807) is 6.20 Å². The summed E-state index contributed by atoms with van der Waals surface area (Å²) < 4.78 is 5.22. The van der Waals surface area contributed by atoms with Crippen molar-refractivity contribution in [2.75, 3.05) is 36.0 Å². The van der Waals surface area contributed by atoms with Gasteiger partial charge in [0.2, 0.25) is 0 Å². The number of halogens is 5. The second-order valence-electron chi connectivity index (χ2n) is 10.7. The van der Waals surface area contributed by atoms with E-state index < -0.39 is 22.8 Å². The minimum atomic E-state index is -0.525. The van der Waals surface area contributed by atoms with Gasteiger partial charge in [-0.2, -0.15) is 15.3 Å². The van der Waals surface area contributed by atoms with E-state index in [0.717, 1.165) is 25.9 Å². The number of anilines is 2. The fourth-order valence-electron chi connectivity index (χ4n) is 4.13. The van der Waals surface area contributed by atoms with Gasteiger partial charge in [0, 0.05) is 32.2 Å². The molecule has 3 aromatic heterocycles. The van der Waals surface area contributed by atoms with Crippen LogP contribution in [0.4, 0.5) is 16.2 Å². The van der Waals surface area contributed by atoms with Crippen LogP contribution in [0.1, 0.15) is 33.6 Å². The van der Waals surface area contributed by atoms with Gasteiger partial charge in [0.05, 0.1) is 41.0 Å². The molecule has 0 aromatic carbocycles. The smallest absolute Gasteiger partial charge is 0.407 e. The molecule has 45 heavy (non-hydrogen) atoms. The predicted molar refractivity (Wildman–Crippen MR) is 177 cm³/mol. The summed E-state index contributed by atoms with van der Waals surface area (Å²) in [5, 5.41) is 20.8. The number of hydrogen-bond acceptors (Lipinski definition) is 11. The van der Waals surface area contributed by atoms with Crippen LogP contribution in [0.3, 0.4) is 0 Å². The highest BCUT2D eigenvalue weighted by molar-refractivity contribution is 6.41. The number of amides is 1. The van der Waals surface area contributed by atoms with Crippen molar-refractivity contribution in [2.45, 2.75) is 51.3 Å². The number of H-pyrrole nitrogens is 3. The average molecular weight is 731 g/mol. The Hall–Kier alpha value is -3.08. The number of nitrogens with zero attached hydrogens (tertiary/aromatic N) is 5. The molecular formula is C25H33Cl5N10O5. The standard InChI is InChI=1S/C13H19ClN4O3.C8H11ClN4O.C4H2Cl2N2O.ClH/c1-13(2,3)21-12(20)16-8-4-5-18(7-8)9-6-15-17-11(19)10(9)14;9-7-6(3-11-12-8(7)14)13-2-1-5(10)4-13;5-2-1-7-8-4(9)3(2)6;/h6,8H,4-5,7H2,1-3H3,(H,16,20)(H,17,19);3,5H,1-2,4,10H2,(H,12,14);1H,(H,8,9);1H/t8-;5-;;/m11../s1. The first kappa shape index (κ1) is 38.1. The van der Waals surface area contributed by atoms with Crippen LogP contribution in [0.5, 0.6) is 0 Å². The lowest BCUT2D eigenvalue weighted by Crippen LogP contribution is -2.40. The van der Waals surface area contributed by atoms with E-state index in [-0.39, 0.29) is 50.1 Å². The van der Waals surface area contributed by atoms with Gasteiger partial charge in [-0.3, -0.25) is 14.4 Å². The van der Waals surface area contributed by atoms with Gasteiger partial charge in [-0.15, -0.1) is 12.4 Å². The molecule has 2 fully saturated rings. The summed E-state index contributed by atoms with van der Waals surface area (Å²) in [5.74, 6) is 0. The summed E-state index contributed by atoms with van der Waals surface area (Å²) in [7, 11) is 0. The highest BCUT2D eigenvalue weighted by atomic mass is 35.5. The Morgan fingerprint density at radius 3 is 1.76 bits per heavy atom. The normalized spacial score (nSPS) is 17.3. The summed E-state index contributed by atoms with van der Waals surface area (Å²) >= 11 is 22.6. The van der Waals surface area contributed by atoms with Gasteiger partial charge in [-0.25, -0.2) is 20.1 Å². The van der Waals surface area contributed by atoms with E-state index in [0.29, 0.717) is 24.5 Å². The first-order valence-corrected chi connectivity index (χ1v) is 14.8. The molecule has 5 heterocycles. The maximum atomic E-state index is 11.7. The highest BCUT2D eigenvalue weighted by Crippen LogP contribution is 2.25. The number of alkyl carbamates (subject to hydrolysis) is 1. The summed E-state index contributed by atoms with van der Waals surface area (Å²) in [6, 6.07) is 0.112. The van der Waals surface area contributed by atoms with Gasteiger partial charge >= 0.3 is 6.09 Å². The van der Waals surface area contributed by atoms with E-state index in [1.165, 1.54) is 12.4 Å². The molecule has 2 aliphatic rings. The van der Waals surface area contributed by atoms with Crippen molar-refractivity contribution in [1.82, 2.24) is 35.9 Å². The Kier molecular flexibility index (Phi) is 14.4. The van der Waals surface area contributed by atoms with Crippen LogP contribution in [0, 0.1) is 0 Å². The molecule has 0 bridgehead atoms. The van der Waals surface area contributed by atoms with Gasteiger partial charge in [-0.1, -0.05) is 46.4 Å². The summed E-state index contributed by atoms with van der Waals surface area (Å²) in [4.78, 5) is 48.8. The first-order chi connectivity index (χ1) is 20.7. The summed E-state index contributed by atoms with van der Waals surface area (Å²) in [5.41, 5.74) is 5.24. The van der Waals surface area contributed by atoms with E-state index in [4.69, 9.17) is 56.9 Å². The number of aromatic nitrogens is 6. The maximum absolute atomic E-state index is 11.7. The van der Waals surface area contributed by atoms with Crippen molar-refractivity contribution in [3.8, 4) is 0 Å². The van der Waals surface area contributed by atoms with E-state index in [9.17, 15) is 19.2 Å². The zero-order valence-electron chi connectivity index (χ0n) is 24.4. The molecule has 6 N–H and O–H groups in total. The third kappa shape index (κ3) is 11.3. The largest absolute Gasteiger partial charge is 0.444 e. The zero-order valence-corrected chi connectivity index (χ0v) is 28.2. The molecular weight excluding hydrogens is 698 g/mol. The molecule has 0 saturated carbocycles. The molecule has 20 heteroatoms. The number of ether oxygens (including phenoxy) is 1. The van der Waals surface area contributed by atoms with E-state index in [1.807, 2.05) is 30.6 Å². The minimum absolute atomic E-state index is 0. The monoisotopic (exact) mass is 728 g/mol. The fraction of sp³-hybridized carbons (Fsp3) is 0.480. The first-order valence-electron chi connectivity index (χ1n) is 13.3. The highest BCUT2D eigenvalue weighted by Gasteiger charge is 2.28. The molecule has 2 aliphatic heterocycles. The Labute approximate surface area is 283 Å². The number of hydrogen-bond donors (Lipinski definition) is 5. The maximum Gasteiger partial charge on any atom is 0.407 e. The predicted octanol–water partition coefficient (Wildman–Crippen LogP) is 2.99. The van der Waals surface area contributed by atoms with Crippen LogP contribution in [-0.4, -0.2) is 80.5 Å². The lowest BCUT2D eigenvalue weighted by Gasteiger charge is -2.22. The molecule has 0 radical (unpaired) electrons. The zero-order chi connectivity index (χ0) is 32.6. The Balaban J connectivity index is 0.000000253. The third-order valence-electron chi connectivity index (χ3n) is 6.12. The molecule has 3 aromatic rings. The van der Waals surface area contributed by atoms with Crippen molar-refractivity contribution in [3.63, 3.8) is 0 Å². The van der Waals surface area contributed by atoms with Crippen LogP contribution >= 0.6 is 58.8 Å². The van der Waals surface area contributed by atoms with Crippen molar-refractivity contribution in [2.24, 2.45) is 5.73 Å². The van der Waals surface area contributed by atoms with Crippen molar-refractivity contribution < 1.29 is 9.53 Å². The van der Waals surface area contributed by atoms with Crippen LogP contribution in [-0.2, 0) is 4.74 Å². The fourth-order valence-corrected chi connectivity index (χ4v) is 4.77. The van der Waals surface area contributed by atoms with Crippen LogP contribution < -0.4 is 37.5 Å². The summed E-state index contributed by atoms with van der Waals surface area (Å²) in [6.07, 6.45) is 5.57. The number of aromatic amines is 3. The van der Waals surface area contributed by atoms with Crippen molar-refractivity contribution in [3.05, 3.63) is 69.7 Å². The topological polar surface area (TPSA) is 208 Å². The van der Waals surface area contributed by atoms with Crippen molar-refractivity contribution >= 4 is 76.3 Å². The molecule has 0 aliphatic carbocycles. The molecule has 0 spiro atoms. The third-order valence-corrected chi connectivity index (χ3v) is 7.61. The van der Waals surface area contributed by atoms with E-state index >= 15 is 0 Å². The molecule has 1 amide bonds. The van der Waals surface area contributed by atoms with Crippen LogP contribution in [0.25, 0.3) is 0 Å². The number of nitrogens with two attached hydrogens (primary N) is 1. The average Bonchev–Trinajstić information content (AvgIpc) is 3.59. The van der Waals surface area contributed by atoms with Gasteiger partial charge < -0.3 is 25.6 Å². The van der Waals surface area contributed by atoms with Gasteiger partial charge in [0.15, 0.2) is 0 Å². The van der Waals surface area contributed by atoms with Crippen LogP contribution in [0.2, 0.25) is 20.1 Å². The quantitative estimate of drug-likeness (QED) is 0.265. The number of nitrogens with one attached hydrogen (secondary N) is 4. The van der Waals surface area contributed by atoms with E-state index in [2.05, 4.69) is 35.9 Å². The van der Waals surface area contributed by atoms with Gasteiger partial charge in [0.25, 0.3) is 16.7 Å². The molecule has 2 atom stereocenters. The minimum Gasteiger partial charge on any atom is -0.444 e. The second kappa shape index (κ2) is 17.0. The Morgan fingerprint density at radius 1 is 0.844 bits per heavy atom. The molecule has 248 valence electrons. The lowest BCUT2D eigenvalue weighted by atomic mass is 10.2. The molecule has 0 unspecified atom stereocenters. The Bertz CT molecular complexity index is 1610. The summed E-state index contributed by atoms with van der Waals surface area (Å²) in [6.45, 7) is 8.24. The molecule has 15 nitrogen and oxygen atoms in total. The Morgan fingerprint density at radius 2 is 1.31 bits per heavy atom. The lowest BCUT2D eigenvalue weighted by molar-refractivity contribution is 0.0509. The van der Waals surface area contributed by atoms with Crippen molar-refractivity contribution in [1.29, 1.82) is 0 Å². The number of rotatable bonds is 3. The number of carbonyl (C=O) groups excluding carboxylic acids is 1. The second-order valence-corrected chi connectivity index (χ2v) is 12.3. The van der Waals surface area contributed by atoms with Gasteiger partial charge in [0.1, 0.15) is 20.7 Å². The SMILES string of the molecule is CC(C)(C)OC(=O)N[C@@H]1CCN(c2cn[nH]c(=O)c2Cl)C1.Cl.N[C@@H]1CCN(c2cn[nH]c(=O)c2Cl)C1.O=c1[nH]ncc(Cl)c1Cl. The molecule has 2 saturated heterocycles. The van der Waals surface area contributed by atoms with Crippen LogP contribution in [0.15, 0.2) is 33.0 Å².